The molecule has 1 atom stereocenters. The van der Waals surface area contributed by atoms with Crippen LogP contribution in [0.1, 0.15) is 26.7 Å². The summed E-state index contributed by atoms with van der Waals surface area (Å²) in [5, 5.41) is 2.11. The third-order valence-electron chi connectivity index (χ3n) is 2.07. The number of hydrogen-bond acceptors (Lipinski definition) is 1. The van der Waals surface area contributed by atoms with Crippen LogP contribution in [0, 0.1) is 7.05 Å². The van der Waals surface area contributed by atoms with E-state index < -0.39 is 0 Å². The smallest absolute Gasteiger partial charge is 0.0641 e. The first-order valence-electron chi connectivity index (χ1n) is 3.90. The van der Waals surface area contributed by atoms with E-state index in [2.05, 4.69) is 38.0 Å². The molecule has 2 N–H and O–H groups in total. The molecule has 0 aliphatic carbocycles. The van der Waals surface area contributed by atoms with E-state index in [0.717, 1.165) is 6.04 Å². The quantitative estimate of drug-likeness (QED) is 0.565. The van der Waals surface area contributed by atoms with Crippen molar-refractivity contribution in [1.29, 1.82) is 0 Å². The lowest BCUT2D eigenvalue weighted by Gasteiger charge is -2.33. The molecule has 0 aromatic carbocycles. The van der Waals surface area contributed by atoms with Crippen LogP contribution < -0.4 is 5.32 Å². The van der Waals surface area contributed by atoms with Gasteiger partial charge in [-0.2, -0.15) is 18.8 Å². The Hall–Kier alpha value is 0.310. The average molecular weight is 159 g/mol. The van der Waals surface area contributed by atoms with Crippen molar-refractivity contribution in [1.82, 2.24) is 0 Å². The second kappa shape index (κ2) is 3.14. The Kier molecular flexibility index (Phi) is 2.64. The predicted molar refractivity (Wildman–Crippen MR) is 46.8 cm³/mol. The number of quaternary nitrogens is 1. The number of nitrogens with two attached hydrogens (primary N) is 1. The second-order valence-corrected chi connectivity index (χ2v) is 5.40. The molecule has 1 saturated heterocycles. The maximum absolute atomic E-state index is 3.84. The molecule has 10 heavy (non-hydrogen) atoms. The Bertz CT molecular complexity index is 112. The highest BCUT2D eigenvalue weighted by molar-refractivity contribution is 8.00. The van der Waals surface area contributed by atoms with Crippen LogP contribution in [0.25, 0.3) is 0 Å². The van der Waals surface area contributed by atoms with Gasteiger partial charge in [0, 0.05) is 17.6 Å². The van der Waals surface area contributed by atoms with Crippen LogP contribution in [-0.2, 0) is 0 Å². The molecular weight excluding hydrogens is 142 g/mol. The van der Waals surface area contributed by atoms with E-state index in [1.54, 1.807) is 0 Å². The van der Waals surface area contributed by atoms with Gasteiger partial charge in [0.05, 0.1) is 6.04 Å². The molecule has 0 aromatic heterocycles. The maximum atomic E-state index is 3.84. The summed E-state index contributed by atoms with van der Waals surface area (Å²) in [6.45, 7) is 4.65. The summed E-state index contributed by atoms with van der Waals surface area (Å²) in [7, 11) is 3.84. The van der Waals surface area contributed by atoms with Crippen molar-refractivity contribution in [2.45, 2.75) is 37.5 Å². The Morgan fingerprint density at radius 3 is 2.70 bits per heavy atom. The summed E-state index contributed by atoms with van der Waals surface area (Å²) in [6.07, 6.45) is 2.64. The fourth-order valence-corrected chi connectivity index (χ4v) is 2.79. The zero-order chi connectivity index (χ0) is 7.61. The zero-order valence-corrected chi connectivity index (χ0v) is 7.71. The van der Waals surface area contributed by atoms with E-state index in [-0.39, 0.29) is 0 Å². The molecule has 60 valence electrons. The second-order valence-electron chi connectivity index (χ2n) is 3.60. The van der Waals surface area contributed by atoms with E-state index in [9.17, 15) is 0 Å². The van der Waals surface area contributed by atoms with Crippen molar-refractivity contribution < 1.29 is 5.32 Å². The third-order valence-corrected chi connectivity index (χ3v) is 3.46. The molecule has 1 unspecified atom stereocenters. The van der Waals surface area contributed by atoms with E-state index in [0.29, 0.717) is 4.75 Å². The minimum absolute atomic E-state index is 0.497. The molecule has 0 amide bonds. The fourth-order valence-electron chi connectivity index (χ4n) is 1.48. The van der Waals surface area contributed by atoms with Gasteiger partial charge in [0.1, 0.15) is 0 Å². The minimum Gasteiger partial charge on any atom is -0.476 e. The summed E-state index contributed by atoms with van der Waals surface area (Å²) in [5.41, 5.74) is 0. The van der Waals surface area contributed by atoms with Gasteiger partial charge in [0.15, 0.2) is 0 Å². The molecule has 1 heterocycles. The standard InChI is InChI=1S/C8H17NS/c1-8(2)6-7(9-3)4-5-10-8/h7H,3-6,9H2,1-2H3. The molecule has 2 heteroatoms. The molecule has 0 radical (unpaired) electrons. The summed E-state index contributed by atoms with van der Waals surface area (Å²) in [5.74, 6) is 1.31. The highest BCUT2D eigenvalue weighted by Gasteiger charge is 2.28. The van der Waals surface area contributed by atoms with E-state index >= 15 is 0 Å². The topological polar surface area (TPSA) is 16.6 Å². The third kappa shape index (κ3) is 2.17. The lowest BCUT2D eigenvalue weighted by atomic mass is 10.0. The first-order valence-corrected chi connectivity index (χ1v) is 4.89. The summed E-state index contributed by atoms with van der Waals surface area (Å²) in [4.78, 5) is 0. The van der Waals surface area contributed by atoms with Crippen LogP contribution in [0.5, 0.6) is 0 Å². The van der Waals surface area contributed by atoms with Gasteiger partial charge < -0.3 is 5.32 Å². The normalized spacial score (nSPS) is 32.1. The van der Waals surface area contributed by atoms with Gasteiger partial charge in [-0.3, -0.25) is 0 Å². The van der Waals surface area contributed by atoms with Crippen LogP contribution >= 0.6 is 11.8 Å². The van der Waals surface area contributed by atoms with E-state index in [4.69, 9.17) is 0 Å². The molecule has 0 spiro atoms. The zero-order valence-electron chi connectivity index (χ0n) is 6.89. The molecule has 1 nitrogen and oxygen atoms in total. The van der Waals surface area contributed by atoms with E-state index in [1.165, 1.54) is 18.6 Å². The van der Waals surface area contributed by atoms with E-state index in [1.807, 2.05) is 0 Å². The van der Waals surface area contributed by atoms with Crippen molar-refractivity contribution in [2.24, 2.45) is 0 Å². The molecule has 1 rings (SSSR count). The monoisotopic (exact) mass is 159 g/mol. The predicted octanol–water partition coefficient (Wildman–Crippen LogP) is 1.02. The van der Waals surface area contributed by atoms with Crippen LogP contribution in [0.15, 0.2) is 0 Å². The van der Waals surface area contributed by atoms with Crippen molar-refractivity contribution in [3.8, 4) is 0 Å². The molecule has 0 bridgehead atoms. The van der Waals surface area contributed by atoms with Crippen LogP contribution in [-0.4, -0.2) is 16.5 Å². The Morgan fingerprint density at radius 1 is 1.60 bits per heavy atom. The number of hydrogen-bond donors (Lipinski definition) is 1. The van der Waals surface area contributed by atoms with Crippen LogP contribution in [0.3, 0.4) is 0 Å². The average Bonchev–Trinajstić information content (AvgIpc) is 1.86. The van der Waals surface area contributed by atoms with Gasteiger partial charge in [-0.25, -0.2) is 0 Å². The maximum Gasteiger partial charge on any atom is 0.0641 e. The Morgan fingerprint density at radius 2 is 2.30 bits per heavy atom. The minimum atomic E-state index is 0.497. The SMILES string of the molecule is [CH2-][NH2+]C1CCSC(C)(C)C1. The number of rotatable bonds is 1. The summed E-state index contributed by atoms with van der Waals surface area (Å²) in [6, 6.07) is 0.774. The lowest BCUT2D eigenvalue weighted by molar-refractivity contribution is -0.635. The summed E-state index contributed by atoms with van der Waals surface area (Å²) < 4.78 is 0.497. The largest absolute Gasteiger partial charge is 0.476 e. The first-order chi connectivity index (χ1) is 4.64. The Balaban J connectivity index is 2.40. The summed E-state index contributed by atoms with van der Waals surface area (Å²) >= 11 is 2.09. The molecular formula is C8H17NS. The highest BCUT2D eigenvalue weighted by Crippen LogP contribution is 2.34. The van der Waals surface area contributed by atoms with Gasteiger partial charge in [-0.05, 0) is 5.75 Å². The highest BCUT2D eigenvalue weighted by atomic mass is 32.2. The Labute approximate surface area is 68.0 Å². The molecule has 1 aliphatic heterocycles. The fraction of sp³-hybridized carbons (Fsp3) is 0.875. The van der Waals surface area contributed by atoms with Gasteiger partial charge in [-0.1, -0.05) is 13.8 Å². The van der Waals surface area contributed by atoms with Gasteiger partial charge in [-0.15, -0.1) is 0 Å². The van der Waals surface area contributed by atoms with Crippen molar-refractivity contribution in [3.05, 3.63) is 7.05 Å². The number of thioether (sulfide) groups is 1. The van der Waals surface area contributed by atoms with Crippen molar-refractivity contribution >= 4 is 11.8 Å². The first kappa shape index (κ1) is 8.41. The van der Waals surface area contributed by atoms with Crippen molar-refractivity contribution in [2.75, 3.05) is 5.75 Å². The van der Waals surface area contributed by atoms with Gasteiger partial charge in [0.2, 0.25) is 0 Å². The lowest BCUT2D eigenvalue weighted by Crippen LogP contribution is -2.84. The molecule has 1 fully saturated rings. The molecule has 0 saturated carbocycles. The van der Waals surface area contributed by atoms with Gasteiger partial charge >= 0.3 is 0 Å². The molecule has 1 aliphatic rings. The van der Waals surface area contributed by atoms with Crippen molar-refractivity contribution in [3.63, 3.8) is 0 Å². The van der Waals surface area contributed by atoms with Crippen LogP contribution in [0.2, 0.25) is 0 Å². The molecule has 0 aromatic rings. The van der Waals surface area contributed by atoms with Crippen LogP contribution in [0.4, 0.5) is 0 Å². The van der Waals surface area contributed by atoms with Gasteiger partial charge in [0.25, 0.3) is 0 Å².